The molecule has 0 spiro atoms. The lowest BCUT2D eigenvalue weighted by molar-refractivity contribution is 0.102. The topological polar surface area (TPSA) is 29.1 Å². The molecule has 2 heterocycles. The smallest absolute Gasteiger partial charge is 0.170 e. The van der Waals surface area contributed by atoms with Gasteiger partial charge in [-0.05, 0) is 18.9 Å². The van der Waals surface area contributed by atoms with Gasteiger partial charge < -0.3 is 5.32 Å². The summed E-state index contributed by atoms with van der Waals surface area (Å²) in [4.78, 5) is 12.0. The summed E-state index contributed by atoms with van der Waals surface area (Å²) in [6, 6.07) is 0. The van der Waals surface area contributed by atoms with Gasteiger partial charge in [-0.3, -0.25) is 4.79 Å². The Bertz CT molecular complexity index is 303. The third-order valence-corrected chi connectivity index (χ3v) is 3.03. The number of nitrogens with one attached hydrogen (secondary N) is 1. The second kappa shape index (κ2) is 2.34. The summed E-state index contributed by atoms with van der Waals surface area (Å²) in [5.41, 5.74) is 2.39. The molecular formula is C8H9NOS. The number of fused-ring (bicyclic) bond motifs is 1. The van der Waals surface area contributed by atoms with E-state index >= 15 is 0 Å². The van der Waals surface area contributed by atoms with E-state index in [4.69, 9.17) is 0 Å². The van der Waals surface area contributed by atoms with Crippen LogP contribution >= 0.6 is 11.3 Å². The quantitative estimate of drug-likeness (QED) is 0.647. The second-order valence-electron chi connectivity index (χ2n) is 2.69. The van der Waals surface area contributed by atoms with Crippen LogP contribution in [0.1, 0.15) is 22.2 Å². The molecule has 1 aromatic heterocycles. The zero-order valence-electron chi connectivity index (χ0n) is 6.31. The van der Waals surface area contributed by atoms with Crippen LogP contribution in [0, 0.1) is 0 Å². The van der Waals surface area contributed by atoms with Gasteiger partial charge in [0.05, 0.1) is 4.88 Å². The maximum Gasteiger partial charge on any atom is 0.170 e. The molecule has 0 aromatic carbocycles. The monoisotopic (exact) mass is 167 g/mol. The first-order chi connectivity index (χ1) is 5.29. The van der Waals surface area contributed by atoms with Crippen molar-refractivity contribution in [2.75, 3.05) is 11.9 Å². The third kappa shape index (κ3) is 0.959. The first-order valence-corrected chi connectivity index (χ1v) is 4.52. The van der Waals surface area contributed by atoms with Crippen LogP contribution in [-0.4, -0.2) is 12.3 Å². The predicted molar refractivity (Wildman–Crippen MR) is 46.5 cm³/mol. The summed E-state index contributed by atoms with van der Waals surface area (Å²) < 4.78 is 0. The van der Waals surface area contributed by atoms with Crippen molar-refractivity contribution in [3.63, 3.8) is 0 Å². The van der Waals surface area contributed by atoms with Gasteiger partial charge >= 0.3 is 0 Å². The van der Waals surface area contributed by atoms with Crippen LogP contribution in [0.2, 0.25) is 0 Å². The van der Waals surface area contributed by atoms with Crippen molar-refractivity contribution in [2.45, 2.75) is 13.3 Å². The fourth-order valence-electron chi connectivity index (χ4n) is 1.40. The normalized spacial score (nSPS) is 14.3. The Kier molecular flexibility index (Phi) is 1.46. The molecule has 1 aliphatic rings. The van der Waals surface area contributed by atoms with Crippen LogP contribution in [0.4, 0.5) is 5.69 Å². The van der Waals surface area contributed by atoms with Crippen molar-refractivity contribution in [3.05, 3.63) is 15.8 Å². The second-order valence-corrected chi connectivity index (χ2v) is 3.57. The molecule has 2 rings (SSSR count). The number of ketones is 1. The van der Waals surface area contributed by atoms with Gasteiger partial charge in [-0.2, -0.15) is 0 Å². The van der Waals surface area contributed by atoms with E-state index in [9.17, 15) is 4.79 Å². The molecule has 1 N–H and O–H groups in total. The van der Waals surface area contributed by atoms with Crippen LogP contribution in [0.3, 0.4) is 0 Å². The number of rotatable bonds is 1. The number of hydrogen-bond donors (Lipinski definition) is 1. The number of thiophene rings is 1. The van der Waals surface area contributed by atoms with E-state index < -0.39 is 0 Å². The van der Waals surface area contributed by atoms with Gasteiger partial charge in [-0.15, -0.1) is 11.3 Å². The van der Waals surface area contributed by atoms with E-state index in [2.05, 4.69) is 5.32 Å². The average Bonchev–Trinajstić information content (AvgIpc) is 2.41. The van der Waals surface area contributed by atoms with Gasteiger partial charge in [0.25, 0.3) is 0 Å². The molecule has 0 saturated heterocycles. The zero-order valence-corrected chi connectivity index (χ0v) is 7.12. The highest BCUT2D eigenvalue weighted by molar-refractivity contribution is 7.12. The molecule has 0 amide bonds. The molecule has 11 heavy (non-hydrogen) atoms. The van der Waals surface area contributed by atoms with Gasteiger partial charge in [-0.25, -0.2) is 0 Å². The molecule has 0 unspecified atom stereocenters. The van der Waals surface area contributed by atoms with Crippen molar-refractivity contribution >= 4 is 22.8 Å². The van der Waals surface area contributed by atoms with Gasteiger partial charge in [0.1, 0.15) is 0 Å². The summed E-state index contributed by atoms with van der Waals surface area (Å²) in [6.45, 7) is 2.61. The van der Waals surface area contributed by atoms with E-state index in [0.29, 0.717) is 0 Å². The third-order valence-electron chi connectivity index (χ3n) is 1.90. The Hall–Kier alpha value is -0.830. The van der Waals surface area contributed by atoms with Crippen LogP contribution in [-0.2, 0) is 6.42 Å². The molecule has 0 fully saturated rings. The lowest BCUT2D eigenvalue weighted by Crippen LogP contribution is -1.93. The lowest BCUT2D eigenvalue weighted by Gasteiger charge is -1.91. The van der Waals surface area contributed by atoms with Crippen molar-refractivity contribution in [3.8, 4) is 0 Å². The van der Waals surface area contributed by atoms with E-state index in [-0.39, 0.29) is 5.78 Å². The van der Waals surface area contributed by atoms with Gasteiger partial charge in [0, 0.05) is 17.6 Å². The number of anilines is 1. The fourth-order valence-corrected chi connectivity index (χ4v) is 2.38. The highest BCUT2D eigenvalue weighted by Crippen LogP contribution is 2.31. The van der Waals surface area contributed by atoms with Gasteiger partial charge in [0.15, 0.2) is 5.78 Å². The van der Waals surface area contributed by atoms with E-state index in [1.807, 2.05) is 5.38 Å². The van der Waals surface area contributed by atoms with Crippen molar-refractivity contribution < 1.29 is 4.79 Å². The largest absolute Gasteiger partial charge is 0.384 e. The highest BCUT2D eigenvalue weighted by atomic mass is 32.1. The zero-order chi connectivity index (χ0) is 7.84. The minimum absolute atomic E-state index is 0.194. The molecule has 58 valence electrons. The first kappa shape index (κ1) is 6.85. The maximum absolute atomic E-state index is 11.0. The van der Waals surface area contributed by atoms with Crippen LogP contribution in [0.15, 0.2) is 5.38 Å². The Morgan fingerprint density at radius 1 is 1.73 bits per heavy atom. The molecular weight excluding hydrogens is 158 g/mol. The Morgan fingerprint density at radius 2 is 2.55 bits per heavy atom. The number of carbonyl (C=O) groups is 1. The number of Topliss-reactive ketones (excluding diaryl/α,β-unsaturated/α-hetero) is 1. The van der Waals surface area contributed by atoms with E-state index in [1.54, 1.807) is 18.3 Å². The minimum atomic E-state index is 0.194. The summed E-state index contributed by atoms with van der Waals surface area (Å²) in [5.74, 6) is 0.194. The summed E-state index contributed by atoms with van der Waals surface area (Å²) in [5, 5.41) is 5.26. The lowest BCUT2D eigenvalue weighted by atomic mass is 10.2. The molecule has 0 saturated carbocycles. The SMILES string of the molecule is CC(=O)c1scc2c1CCN2. The molecule has 0 atom stereocenters. The van der Waals surface area contributed by atoms with Crippen LogP contribution < -0.4 is 5.32 Å². The summed E-state index contributed by atoms with van der Waals surface area (Å²) >= 11 is 1.55. The fraction of sp³-hybridized carbons (Fsp3) is 0.375. The van der Waals surface area contributed by atoms with Crippen molar-refractivity contribution in [2.24, 2.45) is 0 Å². The van der Waals surface area contributed by atoms with Crippen LogP contribution in [0.5, 0.6) is 0 Å². The van der Waals surface area contributed by atoms with Gasteiger partial charge in [0.2, 0.25) is 0 Å². The average molecular weight is 167 g/mol. The first-order valence-electron chi connectivity index (χ1n) is 3.64. The summed E-state index contributed by atoms with van der Waals surface area (Å²) in [7, 11) is 0. The van der Waals surface area contributed by atoms with E-state index in [0.717, 1.165) is 17.8 Å². The van der Waals surface area contributed by atoms with E-state index in [1.165, 1.54) is 11.3 Å². The molecule has 1 aromatic rings. The highest BCUT2D eigenvalue weighted by Gasteiger charge is 2.18. The predicted octanol–water partition coefficient (Wildman–Crippen LogP) is 1.92. The Labute approximate surface area is 69.2 Å². The Morgan fingerprint density at radius 3 is 3.27 bits per heavy atom. The molecule has 0 radical (unpaired) electrons. The maximum atomic E-state index is 11.0. The number of hydrogen-bond acceptors (Lipinski definition) is 3. The molecule has 0 aliphatic carbocycles. The molecule has 0 bridgehead atoms. The number of carbonyl (C=O) groups excluding carboxylic acids is 1. The van der Waals surface area contributed by atoms with Crippen LogP contribution in [0.25, 0.3) is 0 Å². The standard InChI is InChI=1S/C8H9NOS/c1-5(10)8-6-2-3-9-7(6)4-11-8/h4,9H,2-3H2,1H3. The molecule has 1 aliphatic heterocycles. The van der Waals surface area contributed by atoms with Crippen molar-refractivity contribution in [1.82, 2.24) is 0 Å². The summed E-state index contributed by atoms with van der Waals surface area (Å²) in [6.07, 6.45) is 1.01. The minimum Gasteiger partial charge on any atom is -0.384 e. The molecule has 3 heteroatoms. The van der Waals surface area contributed by atoms with Gasteiger partial charge in [-0.1, -0.05) is 0 Å². The molecule has 2 nitrogen and oxygen atoms in total. The van der Waals surface area contributed by atoms with Crippen molar-refractivity contribution in [1.29, 1.82) is 0 Å². The Balaban J connectivity index is 2.50.